The fourth-order valence-corrected chi connectivity index (χ4v) is 5.00. The maximum absolute atomic E-state index is 13.3. The van der Waals surface area contributed by atoms with Gasteiger partial charge in [0.2, 0.25) is 5.91 Å². The van der Waals surface area contributed by atoms with Gasteiger partial charge >= 0.3 is 5.97 Å². The van der Waals surface area contributed by atoms with E-state index in [1.54, 1.807) is 23.1 Å². The number of hydrogen-bond donors (Lipinski definition) is 1. The fraction of sp³-hybridized carbons (Fsp3) is 0.375. The topological polar surface area (TPSA) is 75.7 Å². The van der Waals surface area contributed by atoms with E-state index < -0.39 is 30.3 Å². The largest absolute Gasteiger partial charge is 0.455 e. The number of anilines is 2. The second-order valence-electron chi connectivity index (χ2n) is 8.12. The highest BCUT2D eigenvalue weighted by atomic mass is 35.5. The zero-order valence-electron chi connectivity index (χ0n) is 17.5. The summed E-state index contributed by atoms with van der Waals surface area (Å²) >= 11 is 12.1. The van der Waals surface area contributed by atoms with Crippen LogP contribution in [0.5, 0.6) is 0 Å². The molecule has 1 aliphatic carbocycles. The van der Waals surface area contributed by atoms with Gasteiger partial charge in [-0.2, -0.15) is 0 Å². The normalized spacial score (nSPS) is 19.9. The van der Waals surface area contributed by atoms with Crippen molar-refractivity contribution in [2.75, 3.05) is 23.4 Å². The van der Waals surface area contributed by atoms with Gasteiger partial charge in [-0.15, -0.1) is 0 Å². The van der Waals surface area contributed by atoms with Crippen LogP contribution in [0.3, 0.4) is 0 Å². The lowest BCUT2D eigenvalue weighted by molar-refractivity contribution is -0.156. The van der Waals surface area contributed by atoms with E-state index in [0.717, 1.165) is 30.5 Å². The number of fused-ring (bicyclic) bond motifs is 1. The Hall–Kier alpha value is -2.57. The van der Waals surface area contributed by atoms with Crippen molar-refractivity contribution in [2.24, 2.45) is 11.8 Å². The van der Waals surface area contributed by atoms with Crippen molar-refractivity contribution in [3.8, 4) is 0 Å². The summed E-state index contributed by atoms with van der Waals surface area (Å²) < 4.78 is 5.30. The molecule has 32 heavy (non-hydrogen) atoms. The lowest BCUT2D eigenvalue weighted by Gasteiger charge is -2.32. The monoisotopic (exact) mass is 474 g/mol. The summed E-state index contributed by atoms with van der Waals surface area (Å²) in [5.74, 6) is -2.09. The zero-order chi connectivity index (χ0) is 22.7. The summed E-state index contributed by atoms with van der Waals surface area (Å²) in [6.07, 6.45) is 3.76. The molecule has 0 saturated heterocycles. The molecular formula is C24H24Cl2N2O4. The first-order valence-corrected chi connectivity index (χ1v) is 11.5. The van der Waals surface area contributed by atoms with Gasteiger partial charge in [0.15, 0.2) is 6.61 Å². The summed E-state index contributed by atoms with van der Waals surface area (Å²) in [7, 11) is 0. The molecule has 0 aromatic heterocycles. The molecule has 1 aliphatic heterocycles. The number of benzene rings is 2. The van der Waals surface area contributed by atoms with Crippen LogP contribution >= 0.6 is 23.2 Å². The molecule has 168 valence electrons. The van der Waals surface area contributed by atoms with Crippen LogP contribution in [-0.4, -0.2) is 30.9 Å². The van der Waals surface area contributed by atoms with E-state index in [2.05, 4.69) is 5.32 Å². The number of hydrogen-bond acceptors (Lipinski definition) is 4. The van der Waals surface area contributed by atoms with Crippen molar-refractivity contribution in [2.45, 2.75) is 32.1 Å². The Morgan fingerprint density at radius 3 is 2.41 bits per heavy atom. The van der Waals surface area contributed by atoms with Gasteiger partial charge in [-0.05, 0) is 43.0 Å². The minimum absolute atomic E-state index is 0.0381. The molecule has 2 aromatic rings. The van der Waals surface area contributed by atoms with Crippen LogP contribution in [0.25, 0.3) is 0 Å². The molecule has 2 amide bonds. The summed E-state index contributed by atoms with van der Waals surface area (Å²) in [6.45, 7) is 0.155. The molecule has 6 nitrogen and oxygen atoms in total. The number of carbonyl (C=O) groups is 3. The van der Waals surface area contributed by atoms with Crippen LogP contribution < -0.4 is 10.2 Å². The molecule has 2 aliphatic rings. The third kappa shape index (κ3) is 4.76. The van der Waals surface area contributed by atoms with Crippen molar-refractivity contribution in [3.05, 3.63) is 58.1 Å². The van der Waals surface area contributed by atoms with Crippen LogP contribution in [0.4, 0.5) is 11.4 Å². The number of esters is 1. The van der Waals surface area contributed by atoms with Crippen LogP contribution in [-0.2, 0) is 25.5 Å². The number of nitrogens with zero attached hydrogens (tertiary/aromatic N) is 1. The number of amides is 2. The summed E-state index contributed by atoms with van der Waals surface area (Å²) in [5.41, 5.74) is 2.34. The highest BCUT2D eigenvalue weighted by Crippen LogP contribution is 2.36. The number of nitrogens with one attached hydrogen (secondary N) is 1. The zero-order valence-corrected chi connectivity index (χ0v) is 19.0. The van der Waals surface area contributed by atoms with E-state index in [4.69, 9.17) is 27.9 Å². The third-order valence-electron chi connectivity index (χ3n) is 6.11. The second-order valence-corrected chi connectivity index (χ2v) is 8.93. The van der Waals surface area contributed by atoms with E-state index >= 15 is 0 Å². The predicted molar refractivity (Wildman–Crippen MR) is 124 cm³/mol. The fourth-order valence-electron chi connectivity index (χ4n) is 4.51. The van der Waals surface area contributed by atoms with Crippen molar-refractivity contribution < 1.29 is 19.1 Å². The Labute approximate surface area is 196 Å². The van der Waals surface area contributed by atoms with Gasteiger partial charge < -0.3 is 15.0 Å². The smallest absolute Gasteiger partial charge is 0.310 e. The molecule has 1 heterocycles. The SMILES string of the molecule is O=C(COC(=O)C1CCCCC1C(=O)N1CCc2ccccc21)Nc1c(Cl)cccc1Cl. The molecule has 0 bridgehead atoms. The molecule has 0 spiro atoms. The Morgan fingerprint density at radius 1 is 0.969 bits per heavy atom. The average Bonchev–Trinajstić information content (AvgIpc) is 3.24. The van der Waals surface area contributed by atoms with E-state index in [1.807, 2.05) is 24.3 Å². The van der Waals surface area contributed by atoms with Crippen molar-refractivity contribution in [1.29, 1.82) is 0 Å². The average molecular weight is 475 g/mol. The molecular weight excluding hydrogens is 451 g/mol. The lowest BCUT2D eigenvalue weighted by Crippen LogP contribution is -2.42. The molecule has 1 saturated carbocycles. The molecule has 2 atom stereocenters. The van der Waals surface area contributed by atoms with Crippen LogP contribution in [0.15, 0.2) is 42.5 Å². The first-order valence-electron chi connectivity index (χ1n) is 10.8. The van der Waals surface area contributed by atoms with Crippen molar-refractivity contribution >= 4 is 52.4 Å². The Balaban J connectivity index is 1.39. The number of para-hydroxylation sites is 2. The number of halogens is 2. The second kappa shape index (κ2) is 9.92. The summed E-state index contributed by atoms with van der Waals surface area (Å²) in [4.78, 5) is 40.3. The molecule has 2 unspecified atom stereocenters. The molecule has 4 rings (SSSR count). The molecule has 8 heteroatoms. The third-order valence-corrected chi connectivity index (χ3v) is 6.74. The predicted octanol–water partition coefficient (Wildman–Crippen LogP) is 4.87. The van der Waals surface area contributed by atoms with E-state index in [-0.39, 0.29) is 11.6 Å². The van der Waals surface area contributed by atoms with Crippen molar-refractivity contribution in [1.82, 2.24) is 0 Å². The van der Waals surface area contributed by atoms with Crippen LogP contribution in [0.1, 0.15) is 31.2 Å². The van der Waals surface area contributed by atoms with Gasteiger partial charge in [0, 0.05) is 12.2 Å². The summed E-state index contributed by atoms with van der Waals surface area (Å²) in [6, 6.07) is 12.7. The van der Waals surface area contributed by atoms with Gasteiger partial charge in [0.1, 0.15) is 0 Å². The minimum atomic E-state index is -0.555. The van der Waals surface area contributed by atoms with Gasteiger partial charge in [0.05, 0.1) is 27.6 Å². The number of carbonyl (C=O) groups excluding carboxylic acids is 3. The number of ether oxygens (including phenoxy) is 1. The highest BCUT2D eigenvalue weighted by Gasteiger charge is 2.40. The summed E-state index contributed by atoms with van der Waals surface area (Å²) in [5, 5.41) is 3.16. The van der Waals surface area contributed by atoms with Gasteiger partial charge in [-0.25, -0.2) is 0 Å². The Morgan fingerprint density at radius 2 is 1.66 bits per heavy atom. The first kappa shape index (κ1) is 22.6. The van der Waals surface area contributed by atoms with Crippen LogP contribution in [0, 0.1) is 11.8 Å². The Bertz CT molecular complexity index is 1020. The van der Waals surface area contributed by atoms with Gasteiger partial charge in [-0.3, -0.25) is 14.4 Å². The van der Waals surface area contributed by atoms with E-state index in [0.29, 0.717) is 29.4 Å². The van der Waals surface area contributed by atoms with Crippen molar-refractivity contribution in [3.63, 3.8) is 0 Å². The maximum Gasteiger partial charge on any atom is 0.310 e. The van der Waals surface area contributed by atoms with Gasteiger partial charge in [-0.1, -0.05) is 60.3 Å². The quantitative estimate of drug-likeness (QED) is 0.627. The molecule has 2 aromatic carbocycles. The first-order chi connectivity index (χ1) is 15.5. The Kier molecular flexibility index (Phi) is 7.01. The van der Waals surface area contributed by atoms with E-state index in [9.17, 15) is 14.4 Å². The maximum atomic E-state index is 13.3. The van der Waals surface area contributed by atoms with E-state index in [1.165, 1.54) is 0 Å². The number of rotatable bonds is 5. The highest BCUT2D eigenvalue weighted by molar-refractivity contribution is 6.39. The molecule has 0 radical (unpaired) electrons. The lowest BCUT2D eigenvalue weighted by atomic mass is 9.78. The molecule has 1 fully saturated rings. The van der Waals surface area contributed by atoms with Crippen LogP contribution in [0.2, 0.25) is 10.0 Å². The minimum Gasteiger partial charge on any atom is -0.455 e. The molecule has 1 N–H and O–H groups in total. The van der Waals surface area contributed by atoms with Gasteiger partial charge in [0.25, 0.3) is 5.91 Å². The standard InChI is InChI=1S/C24H24Cl2N2O4/c25-18-9-5-10-19(26)22(18)27-21(29)14-32-24(31)17-8-3-2-7-16(17)23(30)28-13-12-15-6-1-4-11-20(15)28/h1,4-6,9-11,16-17H,2-3,7-8,12-14H2,(H,27,29).